The number of aliphatic carboxylic acids is 2. The number of carbonyl (C=O) groups excluding carboxylic acids is 2. The standard InChI is InChI=1S/2C22H23N.C2H2O4/c2*1-23(2)22-15-9-14-20(16-18-10-5-3-6-11-18)21(22)17-19-12-7-4-8-13-19;3-1(4)2(5)6/h2*3-15H,16-17H2,1-2H3;(H,3,4)(H,5,6). The highest BCUT2D eigenvalue weighted by Gasteiger charge is 2.16. The summed E-state index contributed by atoms with van der Waals surface area (Å²) in [6, 6.07) is 56.4. The Morgan fingerprint density at radius 3 is 0.904 bits per heavy atom. The molecule has 0 radical (unpaired) electrons. The predicted octanol–water partition coefficient (Wildman–Crippen LogP) is 3.77. The minimum atomic E-state index is -2.19. The zero-order valence-corrected chi connectivity index (χ0v) is 30.5. The summed E-state index contributed by atoms with van der Waals surface area (Å²) < 4.78 is 0. The molecule has 6 nitrogen and oxygen atoms in total. The zero-order valence-electron chi connectivity index (χ0n) is 30.5. The SMILES string of the molecule is C[NH+](C)c1cccc(Cc2ccccc2)c1Cc1ccccc1.C[NH+](C)c1cccc(Cc2ccccc2)c1Cc1ccccc1.O=C([O-])C(=O)[O-]. The fourth-order valence-electron chi connectivity index (χ4n) is 6.19. The molecule has 0 saturated carbocycles. The van der Waals surface area contributed by atoms with E-state index in [-0.39, 0.29) is 0 Å². The van der Waals surface area contributed by atoms with Gasteiger partial charge in [-0.3, -0.25) is 0 Å². The number of hydrogen-bond acceptors (Lipinski definition) is 4. The Bertz CT molecular complexity index is 1830. The number of rotatable bonds is 10. The van der Waals surface area contributed by atoms with E-state index in [9.17, 15) is 0 Å². The van der Waals surface area contributed by atoms with Gasteiger partial charge in [0.15, 0.2) is 0 Å². The number of nitrogens with one attached hydrogen (secondary N) is 2. The minimum Gasteiger partial charge on any atom is -0.543 e. The average Bonchev–Trinajstić information content (AvgIpc) is 3.15. The van der Waals surface area contributed by atoms with E-state index in [2.05, 4.69) is 186 Å². The van der Waals surface area contributed by atoms with Crippen molar-refractivity contribution >= 4 is 23.3 Å². The van der Waals surface area contributed by atoms with E-state index in [4.69, 9.17) is 19.8 Å². The van der Waals surface area contributed by atoms with Crippen LogP contribution in [0.15, 0.2) is 158 Å². The van der Waals surface area contributed by atoms with Gasteiger partial charge in [-0.1, -0.05) is 146 Å². The number of hydrogen-bond donors (Lipinski definition) is 2. The van der Waals surface area contributed by atoms with E-state index < -0.39 is 11.9 Å². The number of carboxylic acids is 2. The molecule has 0 heterocycles. The summed E-state index contributed by atoms with van der Waals surface area (Å²) in [5.74, 6) is -4.37. The maximum absolute atomic E-state index is 8.93. The Kier molecular flexibility index (Phi) is 15.1. The molecule has 0 spiro atoms. The van der Waals surface area contributed by atoms with Crippen LogP contribution >= 0.6 is 0 Å². The van der Waals surface area contributed by atoms with Crippen LogP contribution in [0.25, 0.3) is 0 Å². The van der Waals surface area contributed by atoms with Crippen LogP contribution in [0.1, 0.15) is 44.5 Å². The molecule has 6 rings (SSSR count). The third kappa shape index (κ3) is 12.2. The van der Waals surface area contributed by atoms with Crippen LogP contribution in [0, 0.1) is 0 Å². The molecule has 0 atom stereocenters. The molecule has 0 aliphatic carbocycles. The summed E-state index contributed by atoms with van der Waals surface area (Å²) in [4.78, 5) is 20.6. The first-order chi connectivity index (χ1) is 25.1. The van der Waals surface area contributed by atoms with Crippen molar-refractivity contribution in [2.45, 2.75) is 25.7 Å². The topological polar surface area (TPSA) is 89.1 Å². The second-order valence-corrected chi connectivity index (χ2v) is 13.1. The number of carboxylic acid groups (broad SMARTS) is 2. The molecular weight excluding hydrogens is 645 g/mol. The first-order valence-corrected chi connectivity index (χ1v) is 17.5. The quantitative estimate of drug-likeness (QED) is 0.214. The summed E-state index contributed by atoms with van der Waals surface area (Å²) in [5.41, 5.74) is 14.0. The second kappa shape index (κ2) is 20.1. The fraction of sp³-hybridized carbons (Fsp3) is 0.174. The fourth-order valence-corrected chi connectivity index (χ4v) is 6.19. The monoisotopic (exact) mass is 692 g/mol. The number of benzene rings is 6. The lowest BCUT2D eigenvalue weighted by atomic mass is 9.93. The molecule has 0 saturated heterocycles. The lowest BCUT2D eigenvalue weighted by Gasteiger charge is -2.17. The highest BCUT2D eigenvalue weighted by atomic mass is 16.4. The average molecular weight is 693 g/mol. The van der Waals surface area contributed by atoms with Gasteiger partial charge in [0.1, 0.15) is 11.4 Å². The maximum atomic E-state index is 8.93. The van der Waals surface area contributed by atoms with Crippen molar-refractivity contribution in [1.82, 2.24) is 0 Å². The third-order valence-corrected chi connectivity index (χ3v) is 8.71. The van der Waals surface area contributed by atoms with Crippen molar-refractivity contribution in [3.63, 3.8) is 0 Å². The van der Waals surface area contributed by atoms with Gasteiger partial charge in [0.05, 0.1) is 40.1 Å². The van der Waals surface area contributed by atoms with Gasteiger partial charge in [0, 0.05) is 24.0 Å². The van der Waals surface area contributed by atoms with Gasteiger partial charge in [-0.05, 0) is 58.4 Å². The largest absolute Gasteiger partial charge is 0.543 e. The maximum Gasteiger partial charge on any atom is 0.134 e. The van der Waals surface area contributed by atoms with Crippen molar-refractivity contribution in [2.75, 3.05) is 28.2 Å². The first kappa shape index (κ1) is 39.0. The van der Waals surface area contributed by atoms with Gasteiger partial charge >= 0.3 is 0 Å². The van der Waals surface area contributed by atoms with E-state index in [0.29, 0.717) is 0 Å². The molecule has 0 aromatic heterocycles. The van der Waals surface area contributed by atoms with Crippen LogP contribution in [0.3, 0.4) is 0 Å². The van der Waals surface area contributed by atoms with Crippen molar-refractivity contribution in [3.05, 3.63) is 202 Å². The third-order valence-electron chi connectivity index (χ3n) is 8.71. The molecule has 0 unspecified atom stereocenters. The molecule has 6 heteroatoms. The Morgan fingerprint density at radius 1 is 0.385 bits per heavy atom. The lowest BCUT2D eigenvalue weighted by Crippen LogP contribution is -3.00. The van der Waals surface area contributed by atoms with Crippen molar-refractivity contribution in [3.8, 4) is 0 Å². The molecule has 6 aromatic carbocycles. The van der Waals surface area contributed by atoms with Crippen molar-refractivity contribution < 1.29 is 29.6 Å². The highest BCUT2D eigenvalue weighted by Crippen LogP contribution is 2.25. The smallest absolute Gasteiger partial charge is 0.134 e. The second-order valence-electron chi connectivity index (χ2n) is 13.1. The molecular formula is C46H48N2O4. The Morgan fingerprint density at radius 2 is 0.654 bits per heavy atom. The van der Waals surface area contributed by atoms with E-state index >= 15 is 0 Å². The van der Waals surface area contributed by atoms with Crippen LogP contribution in [-0.2, 0) is 35.3 Å². The van der Waals surface area contributed by atoms with Gasteiger partial charge < -0.3 is 29.6 Å². The van der Waals surface area contributed by atoms with E-state index in [1.165, 1.54) is 65.7 Å². The normalized spacial score (nSPS) is 10.5. The summed E-state index contributed by atoms with van der Waals surface area (Å²) >= 11 is 0. The van der Waals surface area contributed by atoms with Crippen LogP contribution < -0.4 is 20.0 Å². The molecule has 0 aliphatic heterocycles. The van der Waals surface area contributed by atoms with Crippen LogP contribution in [0.4, 0.5) is 11.4 Å². The number of quaternary nitrogens is 2. The van der Waals surface area contributed by atoms with Gasteiger partial charge in [-0.15, -0.1) is 0 Å². The highest BCUT2D eigenvalue weighted by molar-refractivity contribution is 6.25. The van der Waals surface area contributed by atoms with E-state index in [1.807, 2.05) is 0 Å². The zero-order chi connectivity index (χ0) is 37.3. The number of carbonyl (C=O) groups is 2. The van der Waals surface area contributed by atoms with Crippen LogP contribution in [0.5, 0.6) is 0 Å². The summed E-state index contributed by atoms with van der Waals surface area (Å²) in [6.45, 7) is 0. The van der Waals surface area contributed by atoms with Gasteiger partial charge in [0.25, 0.3) is 0 Å². The van der Waals surface area contributed by atoms with Crippen LogP contribution in [0.2, 0.25) is 0 Å². The molecule has 0 fully saturated rings. The Labute approximate surface area is 308 Å². The first-order valence-electron chi connectivity index (χ1n) is 17.5. The van der Waals surface area contributed by atoms with E-state index in [1.54, 1.807) is 0 Å². The molecule has 6 aromatic rings. The van der Waals surface area contributed by atoms with E-state index in [0.717, 1.165) is 25.7 Å². The molecule has 2 N–H and O–H groups in total. The van der Waals surface area contributed by atoms with Gasteiger partial charge in [-0.2, -0.15) is 0 Å². The summed E-state index contributed by atoms with van der Waals surface area (Å²) in [7, 11) is 8.82. The van der Waals surface area contributed by atoms with Gasteiger partial charge in [-0.25, -0.2) is 0 Å². The minimum absolute atomic E-state index is 0.990. The lowest BCUT2D eigenvalue weighted by molar-refractivity contribution is -0.786. The summed E-state index contributed by atoms with van der Waals surface area (Å²) in [5, 5.41) is 17.9. The molecule has 0 bridgehead atoms. The molecule has 52 heavy (non-hydrogen) atoms. The summed E-state index contributed by atoms with van der Waals surface area (Å²) in [6.07, 6.45) is 3.96. The van der Waals surface area contributed by atoms with Crippen molar-refractivity contribution in [1.29, 1.82) is 0 Å². The Balaban J connectivity index is 0.000000202. The van der Waals surface area contributed by atoms with Crippen molar-refractivity contribution in [2.24, 2.45) is 0 Å². The van der Waals surface area contributed by atoms with Crippen LogP contribution in [-0.4, -0.2) is 40.1 Å². The predicted molar refractivity (Wildman–Crippen MR) is 205 cm³/mol. The van der Waals surface area contributed by atoms with Gasteiger partial charge in [0.2, 0.25) is 0 Å². The molecule has 266 valence electrons. The molecule has 0 amide bonds. The Hall–Kier alpha value is -5.82. The molecule has 0 aliphatic rings.